The van der Waals surface area contributed by atoms with Gasteiger partial charge in [-0.25, -0.2) is 0 Å². The van der Waals surface area contributed by atoms with Gasteiger partial charge in [0.1, 0.15) is 0 Å². The van der Waals surface area contributed by atoms with Crippen LogP contribution in [0.1, 0.15) is 59.3 Å². The van der Waals surface area contributed by atoms with Gasteiger partial charge in [0.2, 0.25) is 0 Å². The fourth-order valence-electron chi connectivity index (χ4n) is 1.80. The number of aliphatic hydroxyl groups is 1. The second-order valence-electron chi connectivity index (χ2n) is 5.47. The lowest BCUT2D eigenvalue weighted by Gasteiger charge is -2.09. The molecule has 2 N–H and O–H groups in total. The zero-order chi connectivity index (χ0) is 15.5. The normalized spacial score (nSPS) is 14.2. The summed E-state index contributed by atoms with van der Waals surface area (Å²) in [5, 5.41) is 18.2. The van der Waals surface area contributed by atoms with E-state index in [9.17, 15) is 9.90 Å². The number of carboxylic acids is 1. The molecule has 0 amide bonds. The van der Waals surface area contributed by atoms with Gasteiger partial charge in [-0.3, -0.25) is 4.79 Å². The van der Waals surface area contributed by atoms with Crippen molar-refractivity contribution in [1.29, 1.82) is 0 Å². The highest BCUT2D eigenvalue weighted by Crippen LogP contribution is 2.14. The third kappa shape index (κ3) is 10.6. The fraction of sp³-hybridized carbons (Fsp3) is 0.588. The van der Waals surface area contributed by atoms with E-state index in [1.165, 1.54) is 11.1 Å². The Labute approximate surface area is 122 Å². The van der Waals surface area contributed by atoms with Crippen molar-refractivity contribution in [2.24, 2.45) is 0 Å². The van der Waals surface area contributed by atoms with Crippen LogP contribution in [0.4, 0.5) is 0 Å². The van der Waals surface area contributed by atoms with Crippen LogP contribution in [0.15, 0.2) is 35.5 Å². The molecular formula is C17H28O3. The van der Waals surface area contributed by atoms with Crippen LogP contribution >= 0.6 is 0 Å². The topological polar surface area (TPSA) is 57.5 Å². The number of hydrogen-bond donors (Lipinski definition) is 2. The Morgan fingerprint density at radius 3 is 2.05 bits per heavy atom. The first-order chi connectivity index (χ1) is 9.32. The first kappa shape index (κ1) is 18.7. The Kier molecular flexibility index (Phi) is 9.73. The summed E-state index contributed by atoms with van der Waals surface area (Å²) in [6.07, 6.45) is 8.13. The second kappa shape index (κ2) is 10.4. The SMILES string of the molecule is C=C(C)C(O)CC/C(C)=C/CC/C(C)=C\CCC(=O)O. The minimum atomic E-state index is -0.749. The van der Waals surface area contributed by atoms with Crippen molar-refractivity contribution in [3.63, 3.8) is 0 Å². The molecule has 0 bridgehead atoms. The van der Waals surface area contributed by atoms with Gasteiger partial charge < -0.3 is 10.2 Å². The summed E-state index contributed by atoms with van der Waals surface area (Å²) in [4.78, 5) is 10.4. The Balaban J connectivity index is 3.92. The maximum Gasteiger partial charge on any atom is 0.303 e. The van der Waals surface area contributed by atoms with E-state index in [0.29, 0.717) is 6.42 Å². The van der Waals surface area contributed by atoms with Crippen molar-refractivity contribution in [2.75, 3.05) is 0 Å². The van der Waals surface area contributed by atoms with Gasteiger partial charge in [-0.05, 0) is 52.9 Å². The Morgan fingerprint density at radius 2 is 1.55 bits per heavy atom. The van der Waals surface area contributed by atoms with E-state index < -0.39 is 12.1 Å². The number of rotatable bonds is 10. The Bertz CT molecular complexity index is 378. The van der Waals surface area contributed by atoms with Gasteiger partial charge in [-0.2, -0.15) is 0 Å². The predicted molar refractivity (Wildman–Crippen MR) is 83.7 cm³/mol. The minimum Gasteiger partial charge on any atom is -0.481 e. The molecule has 0 saturated heterocycles. The summed E-state index contributed by atoms with van der Waals surface area (Å²) in [7, 11) is 0. The van der Waals surface area contributed by atoms with Crippen molar-refractivity contribution in [2.45, 2.75) is 65.4 Å². The summed E-state index contributed by atoms with van der Waals surface area (Å²) in [5.74, 6) is -0.749. The predicted octanol–water partition coefficient (Wildman–Crippen LogP) is 4.24. The minimum absolute atomic E-state index is 0.199. The van der Waals surface area contributed by atoms with Crippen molar-refractivity contribution in [1.82, 2.24) is 0 Å². The second-order valence-corrected chi connectivity index (χ2v) is 5.47. The first-order valence-electron chi connectivity index (χ1n) is 7.19. The van der Waals surface area contributed by atoms with Crippen LogP contribution in [-0.4, -0.2) is 22.3 Å². The van der Waals surface area contributed by atoms with Gasteiger partial charge in [-0.15, -0.1) is 0 Å². The molecule has 0 aromatic rings. The van der Waals surface area contributed by atoms with Gasteiger partial charge in [0.05, 0.1) is 6.10 Å². The number of hydrogen-bond acceptors (Lipinski definition) is 2. The fourth-order valence-corrected chi connectivity index (χ4v) is 1.80. The quantitative estimate of drug-likeness (QED) is 0.588. The third-order valence-corrected chi connectivity index (χ3v) is 3.26. The van der Waals surface area contributed by atoms with E-state index in [0.717, 1.165) is 31.3 Å². The van der Waals surface area contributed by atoms with Crippen LogP contribution in [-0.2, 0) is 4.79 Å². The molecule has 0 rings (SSSR count). The van der Waals surface area contributed by atoms with Crippen molar-refractivity contribution >= 4 is 5.97 Å². The molecule has 0 aliphatic heterocycles. The average molecular weight is 280 g/mol. The Hall–Kier alpha value is -1.35. The summed E-state index contributed by atoms with van der Waals surface area (Å²) in [6.45, 7) is 9.70. The molecule has 0 aliphatic carbocycles. The Morgan fingerprint density at radius 1 is 1.05 bits per heavy atom. The van der Waals surface area contributed by atoms with Gasteiger partial charge in [0.15, 0.2) is 0 Å². The molecule has 0 spiro atoms. The molecule has 0 saturated carbocycles. The molecule has 0 aromatic heterocycles. The van der Waals surface area contributed by atoms with E-state index in [2.05, 4.69) is 19.6 Å². The maximum atomic E-state index is 10.4. The van der Waals surface area contributed by atoms with Crippen LogP contribution < -0.4 is 0 Å². The number of allylic oxidation sites excluding steroid dienone is 4. The standard InChI is InChI=1S/C17H28O3/c1-13(2)16(18)12-11-15(4)8-5-7-14(3)9-6-10-17(19)20/h8-9,16,18H,1,5-7,10-12H2,2-4H3,(H,19,20)/b14-9-,15-8+. The molecule has 20 heavy (non-hydrogen) atoms. The molecule has 1 atom stereocenters. The monoisotopic (exact) mass is 280 g/mol. The van der Waals surface area contributed by atoms with Crippen LogP contribution in [0.2, 0.25) is 0 Å². The average Bonchev–Trinajstić information content (AvgIpc) is 2.35. The molecule has 114 valence electrons. The molecule has 3 nitrogen and oxygen atoms in total. The van der Waals surface area contributed by atoms with Crippen LogP contribution in [0.25, 0.3) is 0 Å². The van der Waals surface area contributed by atoms with Gasteiger partial charge in [0.25, 0.3) is 0 Å². The molecule has 1 unspecified atom stereocenters. The largest absolute Gasteiger partial charge is 0.481 e. The van der Waals surface area contributed by atoms with Crippen molar-refractivity contribution in [3.05, 3.63) is 35.5 Å². The van der Waals surface area contributed by atoms with Crippen molar-refractivity contribution in [3.8, 4) is 0 Å². The van der Waals surface area contributed by atoms with E-state index in [1.807, 2.05) is 19.9 Å². The highest BCUT2D eigenvalue weighted by atomic mass is 16.4. The van der Waals surface area contributed by atoms with E-state index in [-0.39, 0.29) is 6.42 Å². The van der Waals surface area contributed by atoms with Gasteiger partial charge >= 0.3 is 5.97 Å². The van der Waals surface area contributed by atoms with Gasteiger partial charge in [-0.1, -0.05) is 35.5 Å². The zero-order valence-corrected chi connectivity index (χ0v) is 13.0. The smallest absolute Gasteiger partial charge is 0.303 e. The van der Waals surface area contributed by atoms with Crippen LogP contribution in [0, 0.1) is 0 Å². The molecule has 0 heterocycles. The highest BCUT2D eigenvalue weighted by molar-refractivity contribution is 5.66. The van der Waals surface area contributed by atoms with Gasteiger partial charge in [0, 0.05) is 6.42 Å². The molecule has 3 heteroatoms. The summed E-state index contributed by atoms with van der Waals surface area (Å²) in [6, 6.07) is 0. The number of carbonyl (C=O) groups is 1. The lowest BCUT2D eigenvalue weighted by atomic mass is 10.0. The lowest BCUT2D eigenvalue weighted by molar-refractivity contribution is -0.136. The molecule has 0 aromatic carbocycles. The van der Waals surface area contributed by atoms with E-state index in [1.54, 1.807) is 0 Å². The molecular weight excluding hydrogens is 252 g/mol. The molecule has 0 radical (unpaired) electrons. The van der Waals surface area contributed by atoms with Crippen LogP contribution in [0.5, 0.6) is 0 Å². The number of aliphatic hydroxyl groups excluding tert-OH is 1. The summed E-state index contributed by atoms with van der Waals surface area (Å²) < 4.78 is 0. The molecule has 0 fully saturated rings. The third-order valence-electron chi connectivity index (χ3n) is 3.26. The highest BCUT2D eigenvalue weighted by Gasteiger charge is 2.04. The summed E-state index contributed by atoms with van der Waals surface area (Å²) in [5.41, 5.74) is 3.33. The summed E-state index contributed by atoms with van der Waals surface area (Å²) >= 11 is 0. The number of carboxylic acid groups (broad SMARTS) is 1. The molecule has 0 aliphatic rings. The maximum absolute atomic E-state index is 10.4. The zero-order valence-electron chi connectivity index (χ0n) is 13.0. The van der Waals surface area contributed by atoms with E-state index in [4.69, 9.17) is 5.11 Å². The van der Waals surface area contributed by atoms with Crippen LogP contribution in [0.3, 0.4) is 0 Å². The van der Waals surface area contributed by atoms with Crippen molar-refractivity contribution < 1.29 is 15.0 Å². The first-order valence-corrected chi connectivity index (χ1v) is 7.19. The lowest BCUT2D eigenvalue weighted by Crippen LogP contribution is -2.06. The number of aliphatic carboxylic acids is 1. The van der Waals surface area contributed by atoms with E-state index >= 15 is 0 Å².